The number of carbonyl (C=O) groups is 2. The Morgan fingerprint density at radius 1 is 0.853 bits per heavy atom. The van der Waals surface area contributed by atoms with Crippen LogP contribution < -0.4 is 4.90 Å². The Hall–Kier alpha value is -4.11. The SMILES string of the molecule is O=C1[C@@H]2C3c4ccccc4C([N+](=O)[O-])(c4ccccc43)[C@@H]2C(=O)N1c1cc([N+](=O)[O-])ccc1Cl. The second-order valence-corrected chi connectivity index (χ2v) is 8.99. The molecule has 168 valence electrons. The number of nitro groups is 2. The molecule has 10 heteroatoms. The first kappa shape index (κ1) is 20.5. The Kier molecular flexibility index (Phi) is 4.04. The van der Waals surface area contributed by atoms with Gasteiger partial charge in [0.1, 0.15) is 5.92 Å². The van der Waals surface area contributed by atoms with Gasteiger partial charge in [-0.3, -0.25) is 29.8 Å². The lowest BCUT2D eigenvalue weighted by Crippen LogP contribution is -2.57. The van der Waals surface area contributed by atoms with E-state index in [1.807, 2.05) is 0 Å². The highest BCUT2D eigenvalue weighted by molar-refractivity contribution is 6.36. The number of rotatable bonds is 3. The lowest BCUT2D eigenvalue weighted by Gasteiger charge is -2.48. The Labute approximate surface area is 196 Å². The summed E-state index contributed by atoms with van der Waals surface area (Å²) in [6.45, 7) is 0. The van der Waals surface area contributed by atoms with Crippen molar-refractivity contribution in [3.05, 3.63) is 114 Å². The Balaban J connectivity index is 1.65. The highest BCUT2D eigenvalue weighted by Gasteiger charge is 2.75. The van der Waals surface area contributed by atoms with Crippen molar-refractivity contribution in [3.63, 3.8) is 0 Å². The lowest BCUT2D eigenvalue weighted by atomic mass is 9.51. The summed E-state index contributed by atoms with van der Waals surface area (Å²) in [5.41, 5.74) is -0.434. The van der Waals surface area contributed by atoms with Crippen LogP contribution in [0.2, 0.25) is 5.02 Å². The summed E-state index contributed by atoms with van der Waals surface area (Å²) in [7, 11) is 0. The van der Waals surface area contributed by atoms with Gasteiger partial charge in [0.25, 0.3) is 11.2 Å². The van der Waals surface area contributed by atoms with Gasteiger partial charge < -0.3 is 0 Å². The van der Waals surface area contributed by atoms with Crippen LogP contribution in [0.25, 0.3) is 0 Å². The fraction of sp³-hybridized carbons (Fsp3) is 0.167. The van der Waals surface area contributed by atoms with E-state index in [9.17, 15) is 29.8 Å². The predicted molar refractivity (Wildman–Crippen MR) is 120 cm³/mol. The molecular weight excluding hydrogens is 462 g/mol. The normalized spacial score (nSPS) is 26.1. The smallest absolute Gasteiger partial charge is 0.274 e. The zero-order valence-electron chi connectivity index (χ0n) is 17.3. The van der Waals surface area contributed by atoms with Crippen LogP contribution in [0.15, 0.2) is 66.7 Å². The zero-order valence-corrected chi connectivity index (χ0v) is 18.0. The van der Waals surface area contributed by atoms with E-state index < -0.39 is 45.0 Å². The fourth-order valence-electron chi connectivity index (χ4n) is 6.07. The summed E-state index contributed by atoms with van der Waals surface area (Å²) in [6, 6.07) is 17.1. The molecule has 0 radical (unpaired) electrons. The number of imide groups is 1. The van der Waals surface area contributed by atoms with E-state index in [-0.39, 0.29) is 16.4 Å². The van der Waals surface area contributed by atoms with Gasteiger partial charge in [-0.15, -0.1) is 0 Å². The highest BCUT2D eigenvalue weighted by atomic mass is 35.5. The summed E-state index contributed by atoms with van der Waals surface area (Å²) in [6.07, 6.45) is 0. The van der Waals surface area contributed by atoms with Crippen molar-refractivity contribution in [2.45, 2.75) is 11.5 Å². The van der Waals surface area contributed by atoms with Crippen molar-refractivity contribution in [3.8, 4) is 0 Å². The molecule has 0 spiro atoms. The third-order valence-corrected chi connectivity index (χ3v) is 7.56. The highest BCUT2D eigenvalue weighted by Crippen LogP contribution is 2.64. The third kappa shape index (κ3) is 2.24. The molecule has 1 aliphatic heterocycles. The molecule has 4 aliphatic rings. The van der Waals surface area contributed by atoms with Gasteiger partial charge in [-0.1, -0.05) is 60.1 Å². The van der Waals surface area contributed by atoms with E-state index in [0.29, 0.717) is 22.3 Å². The minimum atomic E-state index is -1.97. The summed E-state index contributed by atoms with van der Waals surface area (Å²) >= 11 is 6.27. The lowest BCUT2D eigenvalue weighted by molar-refractivity contribution is -0.578. The zero-order chi connectivity index (χ0) is 23.9. The maximum atomic E-state index is 13.9. The van der Waals surface area contributed by atoms with Crippen LogP contribution >= 0.6 is 11.6 Å². The van der Waals surface area contributed by atoms with Crippen LogP contribution in [-0.4, -0.2) is 21.7 Å². The first-order valence-electron chi connectivity index (χ1n) is 10.4. The van der Waals surface area contributed by atoms with E-state index in [1.165, 1.54) is 6.07 Å². The maximum absolute atomic E-state index is 13.9. The number of benzene rings is 3. The van der Waals surface area contributed by atoms with Crippen molar-refractivity contribution >= 4 is 34.8 Å². The Morgan fingerprint density at radius 3 is 2.00 bits per heavy atom. The first-order chi connectivity index (χ1) is 16.3. The van der Waals surface area contributed by atoms with Gasteiger partial charge >= 0.3 is 0 Å². The van der Waals surface area contributed by atoms with Crippen LogP contribution in [0.3, 0.4) is 0 Å². The van der Waals surface area contributed by atoms with Gasteiger partial charge in [-0.25, -0.2) is 4.90 Å². The van der Waals surface area contributed by atoms with E-state index in [4.69, 9.17) is 11.6 Å². The number of non-ortho nitro benzene ring substituents is 1. The van der Waals surface area contributed by atoms with Crippen LogP contribution in [0.4, 0.5) is 11.4 Å². The predicted octanol–water partition coefficient (Wildman–Crippen LogP) is 4.03. The minimum Gasteiger partial charge on any atom is -0.274 e. The molecule has 0 saturated carbocycles. The molecule has 0 N–H and O–H groups in total. The van der Waals surface area contributed by atoms with Crippen molar-refractivity contribution in [1.29, 1.82) is 0 Å². The van der Waals surface area contributed by atoms with Crippen molar-refractivity contribution in [2.24, 2.45) is 11.8 Å². The van der Waals surface area contributed by atoms with Crippen molar-refractivity contribution in [1.82, 2.24) is 0 Å². The molecule has 9 nitrogen and oxygen atoms in total. The molecule has 1 heterocycles. The number of nitrogens with zero attached hydrogens (tertiary/aromatic N) is 3. The Bertz CT molecular complexity index is 1420. The monoisotopic (exact) mass is 475 g/mol. The van der Waals surface area contributed by atoms with E-state index >= 15 is 0 Å². The van der Waals surface area contributed by atoms with Gasteiger partial charge in [0.05, 0.1) is 21.6 Å². The molecule has 2 bridgehead atoms. The number of carbonyl (C=O) groups excluding carboxylic acids is 2. The molecule has 3 aromatic rings. The molecule has 7 rings (SSSR count). The van der Waals surface area contributed by atoms with E-state index in [0.717, 1.165) is 17.0 Å². The minimum absolute atomic E-state index is 0.0384. The number of hydrogen-bond acceptors (Lipinski definition) is 6. The Morgan fingerprint density at radius 2 is 1.44 bits per heavy atom. The van der Waals surface area contributed by atoms with E-state index in [2.05, 4.69) is 0 Å². The molecule has 2 atom stereocenters. The standard InChI is InChI=1S/C24H14ClN3O6/c25-17-10-9-12(27(31)32)11-18(17)26-22(29)20-19-13-5-1-3-7-15(13)24(28(33)34,21(20)23(26)30)16-8-4-2-6-14(16)19/h1-11,19-21H/t19?,20-,21+,24?/m1/s1. The van der Waals surface area contributed by atoms with Crippen LogP contribution in [0.1, 0.15) is 28.2 Å². The van der Waals surface area contributed by atoms with Crippen molar-refractivity contribution < 1.29 is 19.4 Å². The van der Waals surface area contributed by atoms with Crippen LogP contribution in [0, 0.1) is 32.1 Å². The number of halogens is 1. The van der Waals surface area contributed by atoms with Crippen LogP contribution in [-0.2, 0) is 15.1 Å². The van der Waals surface area contributed by atoms with Gasteiger partial charge in [-0.05, 0) is 17.2 Å². The molecular formula is C24H14ClN3O6. The summed E-state index contributed by atoms with van der Waals surface area (Å²) in [4.78, 5) is 51.6. The number of anilines is 1. The molecule has 1 fully saturated rings. The van der Waals surface area contributed by atoms with Gasteiger partial charge in [0.2, 0.25) is 11.8 Å². The summed E-state index contributed by atoms with van der Waals surface area (Å²) in [5, 5.41) is 24.2. The van der Waals surface area contributed by atoms with Crippen LogP contribution in [0.5, 0.6) is 0 Å². The first-order valence-corrected chi connectivity index (χ1v) is 10.8. The quantitative estimate of drug-likeness (QED) is 0.320. The summed E-state index contributed by atoms with van der Waals surface area (Å²) < 4.78 is 0. The molecule has 34 heavy (non-hydrogen) atoms. The van der Waals surface area contributed by atoms with Gasteiger partial charge in [-0.2, -0.15) is 0 Å². The fourth-order valence-corrected chi connectivity index (χ4v) is 6.27. The summed E-state index contributed by atoms with van der Waals surface area (Å²) in [5.74, 6) is -4.38. The van der Waals surface area contributed by atoms with E-state index in [1.54, 1.807) is 48.5 Å². The second-order valence-electron chi connectivity index (χ2n) is 8.58. The maximum Gasteiger partial charge on any atom is 0.285 e. The molecule has 3 aliphatic carbocycles. The second kappa shape index (κ2) is 6.71. The third-order valence-electron chi connectivity index (χ3n) is 7.24. The molecule has 1 saturated heterocycles. The molecule has 2 amide bonds. The average Bonchev–Trinajstić information content (AvgIpc) is 3.10. The average molecular weight is 476 g/mol. The number of nitro benzene ring substituents is 1. The molecule has 3 aromatic carbocycles. The van der Waals surface area contributed by atoms with Crippen molar-refractivity contribution in [2.75, 3.05) is 4.90 Å². The molecule has 0 unspecified atom stereocenters. The van der Waals surface area contributed by atoms with Gasteiger partial charge in [0.15, 0.2) is 0 Å². The topological polar surface area (TPSA) is 124 Å². The number of amides is 2. The largest absolute Gasteiger partial charge is 0.285 e. The molecule has 0 aromatic heterocycles. The number of hydrogen-bond donors (Lipinski definition) is 0. The van der Waals surface area contributed by atoms with Gasteiger partial charge in [0, 0.05) is 34.1 Å².